The van der Waals surface area contributed by atoms with Crippen LogP contribution in [-0.2, 0) is 16.0 Å². The molecule has 0 spiro atoms. The van der Waals surface area contributed by atoms with Crippen molar-refractivity contribution in [1.29, 1.82) is 0 Å². The molecule has 0 fully saturated rings. The van der Waals surface area contributed by atoms with Gasteiger partial charge in [-0.05, 0) is 68.8 Å². The van der Waals surface area contributed by atoms with Gasteiger partial charge in [0.1, 0.15) is 0 Å². The van der Waals surface area contributed by atoms with E-state index in [1.807, 2.05) is 25.9 Å². The summed E-state index contributed by atoms with van der Waals surface area (Å²) in [4.78, 5) is 28.9. The second-order valence-electron chi connectivity index (χ2n) is 8.02. The molecule has 0 saturated carbocycles. The highest BCUT2D eigenvalue weighted by molar-refractivity contribution is 6.39. The number of carbonyl (C=O) groups excluding carboxylic acids is 2. The van der Waals surface area contributed by atoms with Crippen LogP contribution in [0.3, 0.4) is 0 Å². The number of nitrogens with one attached hydrogen (secondary N) is 2. The van der Waals surface area contributed by atoms with Crippen LogP contribution in [0.2, 0.25) is 5.02 Å². The Kier molecular flexibility index (Phi) is 7.00. The van der Waals surface area contributed by atoms with Gasteiger partial charge in [-0.25, -0.2) is 0 Å². The monoisotopic (exact) mass is 428 g/mol. The van der Waals surface area contributed by atoms with Gasteiger partial charge in [0.25, 0.3) is 0 Å². The second-order valence-corrected chi connectivity index (χ2v) is 8.43. The molecular formula is C23H29ClN4O2. The van der Waals surface area contributed by atoms with Gasteiger partial charge in [0.2, 0.25) is 0 Å². The van der Waals surface area contributed by atoms with E-state index in [2.05, 4.69) is 40.8 Å². The largest absolute Gasteiger partial charge is 0.374 e. The first-order valence-electron chi connectivity index (χ1n) is 10.1. The van der Waals surface area contributed by atoms with E-state index in [0.717, 1.165) is 30.5 Å². The number of aryl methyl sites for hydroxylation is 2. The molecule has 30 heavy (non-hydrogen) atoms. The van der Waals surface area contributed by atoms with Crippen molar-refractivity contribution in [2.75, 3.05) is 44.4 Å². The molecule has 2 amide bonds. The number of fused-ring (bicyclic) bond motifs is 1. The van der Waals surface area contributed by atoms with E-state index >= 15 is 0 Å². The summed E-state index contributed by atoms with van der Waals surface area (Å²) in [5.74, 6) is -1.38. The summed E-state index contributed by atoms with van der Waals surface area (Å²) < 4.78 is 0. The molecule has 1 heterocycles. The van der Waals surface area contributed by atoms with Gasteiger partial charge in [-0.15, -0.1) is 0 Å². The maximum Gasteiger partial charge on any atom is 0.313 e. The fourth-order valence-corrected chi connectivity index (χ4v) is 3.92. The Morgan fingerprint density at radius 3 is 2.63 bits per heavy atom. The first-order chi connectivity index (χ1) is 14.3. The van der Waals surface area contributed by atoms with E-state index in [1.54, 1.807) is 18.2 Å². The zero-order chi connectivity index (χ0) is 21.8. The van der Waals surface area contributed by atoms with Crippen LogP contribution in [0.4, 0.5) is 11.4 Å². The first kappa shape index (κ1) is 22.1. The molecule has 160 valence electrons. The smallest absolute Gasteiger partial charge is 0.313 e. The normalized spacial score (nSPS) is 14.3. The molecule has 0 aromatic heterocycles. The molecule has 1 aliphatic rings. The van der Waals surface area contributed by atoms with E-state index in [0.29, 0.717) is 17.3 Å². The fourth-order valence-electron chi connectivity index (χ4n) is 3.74. The van der Waals surface area contributed by atoms with Crippen molar-refractivity contribution < 1.29 is 9.59 Å². The lowest BCUT2D eigenvalue weighted by Crippen LogP contribution is -2.40. The van der Waals surface area contributed by atoms with Crippen LogP contribution in [0.15, 0.2) is 36.4 Å². The standard InChI is InChI=1S/C23H29ClN4O2/c1-15-7-9-18(13-19(15)24)26-23(30)22(29)25-14-21(27(2)3)17-8-10-20-16(12-17)6-5-11-28(20)4/h7-10,12-13,21H,5-6,11,14H2,1-4H3,(H,25,29)(H,26,30)/t21-/m0/s1. The van der Waals surface area contributed by atoms with E-state index in [-0.39, 0.29) is 6.04 Å². The van der Waals surface area contributed by atoms with Gasteiger partial charge >= 0.3 is 11.8 Å². The predicted octanol–water partition coefficient (Wildman–Crippen LogP) is 3.39. The van der Waals surface area contributed by atoms with Gasteiger partial charge in [-0.3, -0.25) is 9.59 Å². The van der Waals surface area contributed by atoms with Crippen molar-refractivity contribution in [1.82, 2.24) is 10.2 Å². The SMILES string of the molecule is Cc1ccc(NC(=O)C(=O)NC[C@@H](c2ccc3c(c2)CCCN3C)N(C)C)cc1Cl. The summed E-state index contributed by atoms with van der Waals surface area (Å²) in [5.41, 5.74) is 5.12. The quantitative estimate of drug-likeness (QED) is 0.716. The average molecular weight is 429 g/mol. The summed E-state index contributed by atoms with van der Waals surface area (Å²) in [5, 5.41) is 5.90. The van der Waals surface area contributed by atoms with Crippen LogP contribution < -0.4 is 15.5 Å². The summed E-state index contributed by atoms with van der Waals surface area (Å²) in [7, 11) is 6.05. The number of anilines is 2. The predicted molar refractivity (Wildman–Crippen MR) is 122 cm³/mol. The van der Waals surface area contributed by atoms with E-state index in [9.17, 15) is 9.59 Å². The van der Waals surface area contributed by atoms with E-state index < -0.39 is 11.8 Å². The van der Waals surface area contributed by atoms with Crippen molar-refractivity contribution in [2.24, 2.45) is 0 Å². The molecule has 7 heteroatoms. The molecule has 3 rings (SSSR count). The molecule has 6 nitrogen and oxygen atoms in total. The fraction of sp³-hybridized carbons (Fsp3) is 0.391. The van der Waals surface area contributed by atoms with Gasteiger partial charge in [0, 0.05) is 36.5 Å². The molecule has 0 saturated heterocycles. The zero-order valence-electron chi connectivity index (χ0n) is 18.0. The number of rotatable bonds is 5. The molecule has 0 bridgehead atoms. The summed E-state index contributed by atoms with van der Waals surface area (Å²) in [6.45, 7) is 3.28. The van der Waals surface area contributed by atoms with Gasteiger partial charge in [0.15, 0.2) is 0 Å². The van der Waals surface area contributed by atoms with E-state index in [1.165, 1.54) is 11.3 Å². The number of nitrogens with zero attached hydrogens (tertiary/aromatic N) is 2. The molecule has 2 aromatic rings. The number of carbonyl (C=O) groups is 2. The molecular weight excluding hydrogens is 400 g/mol. The van der Waals surface area contributed by atoms with Crippen LogP contribution in [0.25, 0.3) is 0 Å². The summed E-state index contributed by atoms with van der Waals surface area (Å²) >= 11 is 6.08. The molecule has 0 unspecified atom stereocenters. The molecule has 2 aromatic carbocycles. The molecule has 2 N–H and O–H groups in total. The van der Waals surface area contributed by atoms with Crippen LogP contribution in [0.1, 0.15) is 29.2 Å². The Morgan fingerprint density at radius 1 is 1.17 bits per heavy atom. The summed E-state index contributed by atoms with van der Waals surface area (Å²) in [6, 6.07) is 11.6. The van der Waals surface area contributed by atoms with Crippen LogP contribution >= 0.6 is 11.6 Å². The van der Waals surface area contributed by atoms with Crippen LogP contribution in [0.5, 0.6) is 0 Å². The van der Waals surface area contributed by atoms with Gasteiger partial charge in [-0.1, -0.05) is 29.8 Å². The lowest BCUT2D eigenvalue weighted by atomic mass is 9.96. The van der Waals surface area contributed by atoms with Crippen LogP contribution in [-0.4, -0.2) is 50.9 Å². The Balaban J connectivity index is 1.65. The molecule has 0 aliphatic carbocycles. The van der Waals surface area contributed by atoms with Crippen LogP contribution in [0, 0.1) is 6.92 Å². The zero-order valence-corrected chi connectivity index (χ0v) is 18.7. The third-order valence-corrected chi connectivity index (χ3v) is 5.96. The first-order valence-corrected chi connectivity index (χ1v) is 10.5. The van der Waals surface area contributed by atoms with Gasteiger partial charge in [-0.2, -0.15) is 0 Å². The van der Waals surface area contributed by atoms with Crippen molar-refractivity contribution in [2.45, 2.75) is 25.8 Å². The van der Waals surface area contributed by atoms with Gasteiger partial charge in [0.05, 0.1) is 6.04 Å². The average Bonchev–Trinajstić information content (AvgIpc) is 2.70. The Hall–Kier alpha value is -2.57. The maximum atomic E-state index is 12.4. The minimum Gasteiger partial charge on any atom is -0.374 e. The second kappa shape index (κ2) is 9.49. The minimum absolute atomic E-state index is 0.0342. The topological polar surface area (TPSA) is 64.7 Å². The van der Waals surface area contributed by atoms with Gasteiger partial charge < -0.3 is 20.4 Å². The third kappa shape index (κ3) is 5.12. The Morgan fingerprint density at radius 2 is 1.93 bits per heavy atom. The molecule has 1 aliphatic heterocycles. The molecule has 1 atom stereocenters. The Bertz CT molecular complexity index is 945. The minimum atomic E-state index is -0.709. The lowest BCUT2D eigenvalue weighted by molar-refractivity contribution is -0.136. The van der Waals surface area contributed by atoms with E-state index in [4.69, 9.17) is 11.6 Å². The molecule has 0 radical (unpaired) electrons. The number of hydrogen-bond acceptors (Lipinski definition) is 4. The maximum absolute atomic E-state index is 12.4. The lowest BCUT2D eigenvalue weighted by Gasteiger charge is -2.30. The van der Waals surface area contributed by atoms with Crippen molar-refractivity contribution in [3.8, 4) is 0 Å². The summed E-state index contributed by atoms with van der Waals surface area (Å²) in [6.07, 6.45) is 2.20. The highest BCUT2D eigenvalue weighted by atomic mass is 35.5. The highest BCUT2D eigenvalue weighted by Gasteiger charge is 2.21. The van der Waals surface area contributed by atoms with Crippen molar-refractivity contribution in [3.63, 3.8) is 0 Å². The highest BCUT2D eigenvalue weighted by Crippen LogP contribution is 2.30. The number of amides is 2. The van der Waals surface area contributed by atoms with Crippen molar-refractivity contribution in [3.05, 3.63) is 58.1 Å². The number of likely N-dealkylation sites (N-methyl/N-ethyl adjacent to an activating group) is 1. The third-order valence-electron chi connectivity index (χ3n) is 5.55. The number of benzene rings is 2. The Labute approximate surface area is 183 Å². The number of halogens is 1. The number of hydrogen-bond donors (Lipinski definition) is 2. The van der Waals surface area contributed by atoms with Crippen molar-refractivity contribution >= 4 is 34.8 Å².